The molecule has 0 fully saturated rings. The van der Waals surface area contributed by atoms with E-state index < -0.39 is 0 Å². The second-order valence-electron chi connectivity index (χ2n) is 0.926. The molecule has 0 aromatic carbocycles. The number of hydrogen-bond donors (Lipinski definition) is 0. The molecule has 10 heavy (non-hydrogen) atoms. The zero-order valence-corrected chi connectivity index (χ0v) is 14.5. The smallest absolute Gasteiger partial charge is 0.00906 e. The van der Waals surface area contributed by atoms with E-state index in [1.807, 2.05) is 11.4 Å². The van der Waals surface area contributed by atoms with Crippen LogP contribution in [0.15, 0.2) is 0 Å². The second kappa shape index (κ2) is 29.6. The lowest BCUT2D eigenvalue weighted by molar-refractivity contribution is 1.11. The maximum Gasteiger partial charge on any atom is 0.00906 e. The molecular weight excluding hydrogens is 401 g/mol. The Morgan fingerprint density at radius 2 is 1.70 bits per heavy atom. The first-order valence-electron chi connectivity index (χ1n) is 2.33. The van der Waals surface area contributed by atoms with Crippen molar-refractivity contribution in [2.24, 2.45) is 0 Å². The molecule has 0 rings (SSSR count). The predicted molar refractivity (Wildman–Crippen MR) is 77.3 cm³/mol. The Morgan fingerprint density at radius 3 is 1.80 bits per heavy atom. The lowest BCUT2D eigenvalue weighted by Crippen LogP contribution is -1.61. The standard InChI is InChI=1S/C3H8BrPS.2BrH2P/c1-2-3-6-5-4;2*1-2/h5H,2-3H2,1H3;2*2H2. The van der Waals surface area contributed by atoms with E-state index in [-0.39, 0.29) is 0 Å². The van der Waals surface area contributed by atoms with Crippen LogP contribution in [0.4, 0.5) is 0 Å². The molecule has 0 spiro atoms. The highest BCUT2D eigenvalue weighted by molar-refractivity contribution is 9.44. The summed E-state index contributed by atoms with van der Waals surface area (Å²) in [5.41, 5.74) is 0. The fourth-order valence-corrected chi connectivity index (χ4v) is 2.72. The van der Waals surface area contributed by atoms with Gasteiger partial charge in [-0.1, -0.05) is 69.3 Å². The molecule has 0 aliphatic rings. The van der Waals surface area contributed by atoms with Crippen LogP contribution in [0.25, 0.3) is 0 Å². The van der Waals surface area contributed by atoms with Crippen molar-refractivity contribution >= 4 is 80.2 Å². The molecule has 0 nitrogen and oxygen atoms in total. The van der Waals surface area contributed by atoms with Crippen molar-refractivity contribution in [1.29, 1.82) is 0 Å². The Bertz CT molecular complexity index is 31.0. The molecule has 3 atom stereocenters. The molecule has 0 N–H and O–H groups in total. The number of halogens is 3. The highest BCUT2D eigenvalue weighted by atomic mass is 79.9. The van der Waals surface area contributed by atoms with Gasteiger partial charge < -0.3 is 0 Å². The third kappa shape index (κ3) is 30.5. The Morgan fingerprint density at radius 1 is 1.30 bits per heavy atom. The molecule has 0 bridgehead atoms. The minimum Gasteiger partial charge on any atom is -0.126 e. The van der Waals surface area contributed by atoms with Crippen LogP contribution in [0.5, 0.6) is 0 Å². The third-order valence-electron chi connectivity index (χ3n) is 0.361. The summed E-state index contributed by atoms with van der Waals surface area (Å²) in [6.45, 7) is 3.09. The van der Waals surface area contributed by atoms with E-state index in [4.69, 9.17) is 0 Å². The first kappa shape index (κ1) is 18.8. The van der Waals surface area contributed by atoms with E-state index in [2.05, 4.69) is 69.3 Å². The molecule has 0 aliphatic carbocycles. The van der Waals surface area contributed by atoms with Gasteiger partial charge in [-0.2, -0.15) is 0 Å². The fourth-order valence-electron chi connectivity index (χ4n) is 0.141. The average Bonchev–Trinajstić information content (AvgIpc) is 2.08. The van der Waals surface area contributed by atoms with Crippen molar-refractivity contribution in [3.8, 4) is 0 Å². The van der Waals surface area contributed by atoms with Crippen LogP contribution in [0.3, 0.4) is 0 Å². The fraction of sp³-hybridized carbons (Fsp3) is 1.00. The van der Waals surface area contributed by atoms with Crippen LogP contribution in [-0.4, -0.2) is 5.75 Å². The molecule has 0 heterocycles. The van der Waals surface area contributed by atoms with E-state index >= 15 is 0 Å². The quantitative estimate of drug-likeness (QED) is 0.443. The average molecular weight is 413 g/mol. The second-order valence-corrected chi connectivity index (χ2v) is 6.02. The zero-order chi connectivity index (χ0) is 8.83. The monoisotopic (exact) mass is 410 g/mol. The highest BCUT2D eigenvalue weighted by Gasteiger charge is 1.76. The lowest BCUT2D eigenvalue weighted by atomic mass is 10.6. The van der Waals surface area contributed by atoms with Crippen molar-refractivity contribution in [2.45, 2.75) is 13.3 Å². The van der Waals surface area contributed by atoms with Gasteiger partial charge in [-0.15, -0.1) is 11.4 Å². The van der Waals surface area contributed by atoms with Gasteiger partial charge in [0.05, 0.1) is 0 Å². The SMILES string of the molecule is CCCSPBr.PBr.PBr. The maximum absolute atomic E-state index is 3.34. The summed E-state index contributed by atoms with van der Waals surface area (Å²) in [5.74, 6) is 1.30. The van der Waals surface area contributed by atoms with Crippen LogP contribution in [-0.2, 0) is 0 Å². The van der Waals surface area contributed by atoms with Gasteiger partial charge in [0.1, 0.15) is 0 Å². The Hall–Kier alpha value is 3.08. The minimum atomic E-state index is 0.894. The van der Waals surface area contributed by atoms with Gasteiger partial charge in [0, 0.05) is 6.48 Å². The van der Waals surface area contributed by atoms with Gasteiger partial charge in [0.15, 0.2) is 0 Å². The van der Waals surface area contributed by atoms with E-state index in [0.717, 1.165) is 6.48 Å². The van der Waals surface area contributed by atoms with Gasteiger partial charge in [-0.25, -0.2) is 0 Å². The first-order chi connectivity index (χ1) is 4.91. The van der Waals surface area contributed by atoms with E-state index in [1.165, 1.54) is 12.2 Å². The van der Waals surface area contributed by atoms with Crippen molar-refractivity contribution in [3.05, 3.63) is 0 Å². The predicted octanol–water partition coefficient (Wildman–Crippen LogP) is 5.38. The zero-order valence-electron chi connectivity index (χ0n) is 5.61. The summed E-state index contributed by atoms with van der Waals surface area (Å²) in [6, 6.07) is 0. The highest BCUT2D eigenvalue weighted by Crippen LogP contribution is 2.36. The molecule has 66 valence electrons. The number of hydrogen-bond acceptors (Lipinski definition) is 1. The number of rotatable bonds is 3. The van der Waals surface area contributed by atoms with Crippen LogP contribution in [0.1, 0.15) is 13.3 Å². The first-order valence-corrected chi connectivity index (χ1v) is 13.7. The summed E-state index contributed by atoms with van der Waals surface area (Å²) in [7, 11) is 4.46. The van der Waals surface area contributed by atoms with E-state index in [0.29, 0.717) is 0 Å². The summed E-state index contributed by atoms with van der Waals surface area (Å²) < 4.78 is 0. The van der Waals surface area contributed by atoms with Gasteiger partial charge in [-0.05, 0) is 12.2 Å². The molecule has 3 unspecified atom stereocenters. The van der Waals surface area contributed by atoms with Crippen LogP contribution < -0.4 is 0 Å². The molecule has 7 heteroatoms. The Labute approximate surface area is 98.4 Å². The minimum absolute atomic E-state index is 0.894. The Kier molecular flexibility index (Phi) is 55.6. The van der Waals surface area contributed by atoms with Crippen molar-refractivity contribution in [2.75, 3.05) is 5.75 Å². The van der Waals surface area contributed by atoms with Gasteiger partial charge in [0.25, 0.3) is 0 Å². The maximum atomic E-state index is 3.34. The molecular formula is C3H12Br3P3S. The molecule has 0 aromatic heterocycles. The molecule has 0 amide bonds. The van der Waals surface area contributed by atoms with E-state index in [9.17, 15) is 0 Å². The Balaban J connectivity index is -0.000000105. The van der Waals surface area contributed by atoms with Gasteiger partial charge in [0.2, 0.25) is 0 Å². The summed E-state index contributed by atoms with van der Waals surface area (Å²) in [4.78, 5) is 0. The molecule has 0 saturated carbocycles. The van der Waals surface area contributed by atoms with Crippen molar-refractivity contribution in [3.63, 3.8) is 0 Å². The largest absolute Gasteiger partial charge is 0.126 e. The van der Waals surface area contributed by atoms with Crippen molar-refractivity contribution in [1.82, 2.24) is 0 Å². The third-order valence-corrected chi connectivity index (χ3v) is 4.08. The molecule has 0 aliphatic heterocycles. The van der Waals surface area contributed by atoms with Gasteiger partial charge in [-0.3, -0.25) is 0 Å². The van der Waals surface area contributed by atoms with Crippen LogP contribution >= 0.6 is 80.2 Å². The molecule has 0 radical (unpaired) electrons. The van der Waals surface area contributed by atoms with Crippen LogP contribution in [0.2, 0.25) is 0 Å². The summed E-state index contributed by atoms with van der Waals surface area (Å²) in [5, 5.41) is 0. The van der Waals surface area contributed by atoms with Gasteiger partial charge >= 0.3 is 0 Å². The normalized spacial score (nSPS) is 7.80. The van der Waals surface area contributed by atoms with Crippen molar-refractivity contribution < 1.29 is 0 Å². The lowest BCUT2D eigenvalue weighted by Gasteiger charge is -1.85. The molecule has 0 saturated heterocycles. The van der Waals surface area contributed by atoms with E-state index in [1.54, 1.807) is 0 Å². The summed E-state index contributed by atoms with van der Waals surface area (Å²) in [6.07, 6.45) is 1.29. The summed E-state index contributed by atoms with van der Waals surface area (Å²) >= 11 is 11.0. The molecule has 0 aromatic rings. The van der Waals surface area contributed by atoms with Crippen LogP contribution in [0, 0.1) is 0 Å². The topological polar surface area (TPSA) is 0 Å².